The molecule has 0 aliphatic carbocycles. The van der Waals surface area contributed by atoms with E-state index >= 15 is 0 Å². The zero-order chi connectivity index (χ0) is 18.4. The maximum absolute atomic E-state index is 13.1. The Morgan fingerprint density at radius 3 is 2.46 bits per heavy atom. The van der Waals surface area contributed by atoms with E-state index in [0.29, 0.717) is 5.56 Å². The van der Waals surface area contributed by atoms with Crippen molar-refractivity contribution in [3.8, 4) is 0 Å². The van der Waals surface area contributed by atoms with Crippen molar-refractivity contribution in [1.82, 2.24) is 10.6 Å². The van der Waals surface area contributed by atoms with Gasteiger partial charge in [-0.05, 0) is 58.4 Å². The summed E-state index contributed by atoms with van der Waals surface area (Å²) in [5.41, 5.74) is -0.652. The third kappa shape index (κ3) is 8.31. The van der Waals surface area contributed by atoms with Crippen molar-refractivity contribution in [2.45, 2.75) is 45.8 Å². The molecular weight excluding hydrogens is 311 g/mol. The number of rotatable bonds is 5. The summed E-state index contributed by atoms with van der Waals surface area (Å²) in [6, 6.07) is 5.94. The molecule has 0 aliphatic heterocycles. The molecule has 5 nitrogen and oxygen atoms in total. The van der Waals surface area contributed by atoms with Gasteiger partial charge in [0, 0.05) is 12.6 Å². The van der Waals surface area contributed by atoms with Crippen LogP contribution in [0.5, 0.6) is 0 Å². The normalized spacial score (nSPS) is 12.1. The minimum Gasteiger partial charge on any atom is -0.444 e. The Balaban J connectivity index is 2.51. The summed E-state index contributed by atoms with van der Waals surface area (Å²) >= 11 is 0. The van der Waals surface area contributed by atoms with Crippen LogP contribution < -0.4 is 10.6 Å². The average Bonchev–Trinajstić information content (AvgIpc) is 2.41. The number of benzene rings is 1. The van der Waals surface area contributed by atoms with Gasteiger partial charge in [0.15, 0.2) is 0 Å². The summed E-state index contributed by atoms with van der Waals surface area (Å²) in [6.07, 6.45) is 2.31. The van der Waals surface area contributed by atoms with Gasteiger partial charge in [0.2, 0.25) is 5.91 Å². The smallest absolute Gasteiger partial charge is 0.407 e. The molecule has 132 valence electrons. The zero-order valence-corrected chi connectivity index (χ0v) is 14.8. The van der Waals surface area contributed by atoms with Crippen molar-refractivity contribution in [2.75, 3.05) is 6.54 Å². The minimum absolute atomic E-state index is 0.210. The highest BCUT2D eigenvalue weighted by Crippen LogP contribution is 2.08. The van der Waals surface area contributed by atoms with Crippen molar-refractivity contribution >= 4 is 18.1 Å². The first-order valence-corrected chi connectivity index (χ1v) is 7.69. The van der Waals surface area contributed by atoms with Crippen LogP contribution in [0.3, 0.4) is 0 Å². The quantitative estimate of drug-likeness (QED) is 0.811. The fraction of sp³-hybridized carbons (Fsp3) is 0.444. The summed E-state index contributed by atoms with van der Waals surface area (Å²) in [7, 11) is 0. The molecule has 6 heteroatoms. The van der Waals surface area contributed by atoms with Gasteiger partial charge < -0.3 is 15.4 Å². The number of ether oxygens (including phenoxy) is 1. The van der Waals surface area contributed by atoms with Gasteiger partial charge in [0.1, 0.15) is 11.4 Å². The third-order valence-corrected chi connectivity index (χ3v) is 2.81. The second kappa shape index (κ2) is 7.95. The van der Waals surface area contributed by atoms with E-state index in [4.69, 9.17) is 4.74 Å². The molecule has 0 fully saturated rings. The Morgan fingerprint density at radius 2 is 1.88 bits per heavy atom. The Hall–Kier alpha value is -2.37. The van der Waals surface area contributed by atoms with Crippen LogP contribution in [0.4, 0.5) is 9.18 Å². The largest absolute Gasteiger partial charge is 0.444 e. The fourth-order valence-electron chi connectivity index (χ4n) is 1.81. The monoisotopic (exact) mass is 336 g/mol. The van der Waals surface area contributed by atoms with Gasteiger partial charge in [-0.2, -0.15) is 0 Å². The molecule has 0 radical (unpaired) electrons. The molecule has 0 heterocycles. The van der Waals surface area contributed by atoms with Crippen LogP contribution in [-0.4, -0.2) is 29.7 Å². The molecule has 0 unspecified atom stereocenters. The maximum atomic E-state index is 13.1. The molecule has 1 aromatic carbocycles. The van der Waals surface area contributed by atoms with E-state index in [1.807, 2.05) is 0 Å². The molecule has 0 atom stereocenters. The summed E-state index contributed by atoms with van der Waals surface area (Å²) in [5.74, 6) is -0.699. The number of hydrogen-bond acceptors (Lipinski definition) is 3. The zero-order valence-electron chi connectivity index (χ0n) is 14.8. The van der Waals surface area contributed by atoms with Gasteiger partial charge in [0.25, 0.3) is 0 Å². The number of nitrogens with one attached hydrogen (secondary N) is 2. The Morgan fingerprint density at radius 1 is 1.21 bits per heavy atom. The number of halogens is 1. The Labute approximate surface area is 142 Å². The van der Waals surface area contributed by atoms with Gasteiger partial charge in [-0.1, -0.05) is 12.1 Å². The molecule has 24 heavy (non-hydrogen) atoms. The van der Waals surface area contributed by atoms with E-state index in [-0.39, 0.29) is 18.3 Å². The lowest BCUT2D eigenvalue weighted by molar-refractivity contribution is -0.117. The molecule has 0 aromatic heterocycles. The summed E-state index contributed by atoms with van der Waals surface area (Å²) in [4.78, 5) is 23.6. The standard InChI is InChI=1S/C18H25FN2O3/c1-17(2,3)24-16(23)20-12-18(4,5)21-15(22)10-9-13-7-6-8-14(19)11-13/h6-11H,12H2,1-5H3,(H,20,23)(H,21,22). The first-order chi connectivity index (χ1) is 11.0. The van der Waals surface area contributed by atoms with Crippen LogP contribution >= 0.6 is 0 Å². The van der Waals surface area contributed by atoms with Crippen molar-refractivity contribution < 1.29 is 18.7 Å². The molecule has 0 aliphatic rings. The average molecular weight is 336 g/mol. The fourth-order valence-corrected chi connectivity index (χ4v) is 1.81. The highest BCUT2D eigenvalue weighted by molar-refractivity contribution is 5.92. The highest BCUT2D eigenvalue weighted by atomic mass is 19.1. The molecule has 0 saturated heterocycles. The predicted octanol–water partition coefficient (Wildman–Crippen LogP) is 3.26. The third-order valence-electron chi connectivity index (χ3n) is 2.81. The number of alkyl carbamates (subject to hydrolysis) is 1. The molecule has 1 aromatic rings. The molecular formula is C18H25FN2O3. The van der Waals surface area contributed by atoms with Crippen LogP contribution in [-0.2, 0) is 9.53 Å². The van der Waals surface area contributed by atoms with Crippen LogP contribution in [0, 0.1) is 5.82 Å². The number of carbonyl (C=O) groups is 2. The van der Waals surface area contributed by atoms with Crippen molar-refractivity contribution in [1.29, 1.82) is 0 Å². The van der Waals surface area contributed by atoms with Crippen molar-refractivity contribution in [3.05, 3.63) is 41.7 Å². The topological polar surface area (TPSA) is 67.4 Å². The van der Waals surface area contributed by atoms with E-state index in [9.17, 15) is 14.0 Å². The van der Waals surface area contributed by atoms with E-state index in [1.165, 1.54) is 24.3 Å². The maximum Gasteiger partial charge on any atom is 0.407 e. The molecule has 0 saturated carbocycles. The SMILES string of the molecule is CC(C)(CNC(=O)OC(C)(C)C)NC(=O)C=Cc1cccc(F)c1. The van der Waals surface area contributed by atoms with Crippen molar-refractivity contribution in [2.24, 2.45) is 0 Å². The van der Waals surface area contributed by atoms with Crippen LogP contribution in [0.2, 0.25) is 0 Å². The molecule has 1 rings (SSSR count). The van der Waals surface area contributed by atoms with Crippen LogP contribution in [0.25, 0.3) is 6.08 Å². The van der Waals surface area contributed by atoms with Gasteiger partial charge >= 0.3 is 6.09 Å². The Kier molecular flexibility index (Phi) is 6.51. The summed E-state index contributed by atoms with van der Waals surface area (Å²) in [6.45, 7) is 9.09. The number of hydrogen-bond donors (Lipinski definition) is 2. The van der Waals surface area contributed by atoms with Gasteiger partial charge in [-0.25, -0.2) is 9.18 Å². The first kappa shape index (κ1) is 19.7. The first-order valence-electron chi connectivity index (χ1n) is 7.69. The predicted molar refractivity (Wildman–Crippen MR) is 91.9 cm³/mol. The van der Waals surface area contributed by atoms with Gasteiger partial charge in [-0.3, -0.25) is 4.79 Å². The second-order valence-electron chi connectivity index (χ2n) is 7.12. The number of amides is 2. The lowest BCUT2D eigenvalue weighted by Crippen LogP contribution is -2.51. The van der Waals surface area contributed by atoms with E-state index in [1.54, 1.807) is 46.8 Å². The van der Waals surface area contributed by atoms with E-state index < -0.39 is 17.2 Å². The minimum atomic E-state index is -0.666. The number of carbonyl (C=O) groups excluding carboxylic acids is 2. The van der Waals surface area contributed by atoms with E-state index in [2.05, 4.69) is 10.6 Å². The Bertz CT molecular complexity index is 619. The van der Waals surface area contributed by atoms with Crippen LogP contribution in [0.1, 0.15) is 40.2 Å². The lowest BCUT2D eigenvalue weighted by Gasteiger charge is -2.27. The van der Waals surface area contributed by atoms with Crippen LogP contribution in [0.15, 0.2) is 30.3 Å². The highest BCUT2D eigenvalue weighted by Gasteiger charge is 2.22. The lowest BCUT2D eigenvalue weighted by atomic mass is 10.1. The molecule has 2 N–H and O–H groups in total. The van der Waals surface area contributed by atoms with Gasteiger partial charge in [0.05, 0.1) is 5.54 Å². The second-order valence-corrected chi connectivity index (χ2v) is 7.12. The molecule has 0 spiro atoms. The van der Waals surface area contributed by atoms with Gasteiger partial charge in [-0.15, -0.1) is 0 Å². The molecule has 2 amide bonds. The van der Waals surface area contributed by atoms with Crippen molar-refractivity contribution in [3.63, 3.8) is 0 Å². The summed E-state index contributed by atoms with van der Waals surface area (Å²) < 4.78 is 18.2. The van der Waals surface area contributed by atoms with E-state index in [0.717, 1.165) is 0 Å². The molecule has 0 bridgehead atoms. The summed E-state index contributed by atoms with van der Waals surface area (Å²) in [5, 5.41) is 5.39.